The normalized spacial score (nSPS) is 11.3. The van der Waals surface area contributed by atoms with Gasteiger partial charge in [-0.3, -0.25) is 4.79 Å². The molecule has 0 rings (SSSR count). The Balaban J connectivity index is 4.29. The second-order valence-corrected chi connectivity index (χ2v) is 3.37. The van der Waals surface area contributed by atoms with E-state index in [2.05, 4.69) is 11.2 Å². The van der Waals surface area contributed by atoms with E-state index in [0.29, 0.717) is 13.0 Å². The maximum atomic E-state index is 11.6. The summed E-state index contributed by atoms with van der Waals surface area (Å²) < 4.78 is 0. The summed E-state index contributed by atoms with van der Waals surface area (Å²) in [6, 6.07) is -0.762. The summed E-state index contributed by atoms with van der Waals surface area (Å²) in [5.74, 6) is 1.42. The molecule has 1 unspecified atom stereocenters. The molecule has 0 heterocycles. The number of carboxylic acid groups (broad SMARTS) is 1. The van der Waals surface area contributed by atoms with Crippen LogP contribution in [0.15, 0.2) is 0 Å². The molecule has 2 amide bonds. The molecule has 0 aromatic rings. The van der Waals surface area contributed by atoms with Gasteiger partial charge in [0.1, 0.15) is 6.54 Å². The summed E-state index contributed by atoms with van der Waals surface area (Å²) in [5, 5.41) is 11.2. The molecule has 1 atom stereocenters. The Morgan fingerprint density at radius 2 is 2.12 bits per heavy atom. The molecule has 90 valence electrons. The summed E-state index contributed by atoms with van der Waals surface area (Å²) in [7, 11) is 0. The number of carbonyl (C=O) groups is 2. The molecule has 5 nitrogen and oxygen atoms in total. The van der Waals surface area contributed by atoms with E-state index in [1.54, 1.807) is 6.92 Å². The molecular formula is C11H18N2O3. The number of hydrogen-bond donors (Lipinski definition) is 2. The highest BCUT2D eigenvalue weighted by molar-refractivity contribution is 5.80. The predicted molar refractivity (Wildman–Crippen MR) is 60.9 cm³/mol. The van der Waals surface area contributed by atoms with Gasteiger partial charge >= 0.3 is 12.0 Å². The summed E-state index contributed by atoms with van der Waals surface area (Å²) in [4.78, 5) is 23.3. The van der Waals surface area contributed by atoms with Crippen LogP contribution in [0, 0.1) is 12.3 Å². The summed E-state index contributed by atoms with van der Waals surface area (Å²) in [5.41, 5.74) is 0. The lowest BCUT2D eigenvalue weighted by atomic mass is 10.2. The van der Waals surface area contributed by atoms with E-state index < -0.39 is 12.0 Å². The Bertz CT molecular complexity index is 283. The average Bonchev–Trinajstić information content (AvgIpc) is 2.24. The first-order valence-corrected chi connectivity index (χ1v) is 5.28. The first-order chi connectivity index (χ1) is 7.54. The first kappa shape index (κ1) is 14.3. The van der Waals surface area contributed by atoms with Crippen molar-refractivity contribution < 1.29 is 14.7 Å². The van der Waals surface area contributed by atoms with Crippen LogP contribution in [0.4, 0.5) is 4.79 Å². The number of nitrogens with zero attached hydrogens (tertiary/aromatic N) is 1. The number of likely N-dealkylation sites (N-methyl/N-ethyl adjacent to an activating group) is 1. The second-order valence-electron chi connectivity index (χ2n) is 3.37. The number of nitrogens with one attached hydrogen (secondary N) is 1. The molecule has 0 saturated heterocycles. The van der Waals surface area contributed by atoms with Crippen LogP contribution in [0.5, 0.6) is 0 Å². The van der Waals surface area contributed by atoms with Gasteiger partial charge in [0, 0.05) is 6.54 Å². The van der Waals surface area contributed by atoms with E-state index in [1.807, 2.05) is 6.92 Å². The minimum Gasteiger partial charge on any atom is -0.480 e. The van der Waals surface area contributed by atoms with Crippen LogP contribution in [0.2, 0.25) is 0 Å². The van der Waals surface area contributed by atoms with Crippen molar-refractivity contribution in [1.82, 2.24) is 10.2 Å². The minimum absolute atomic E-state index is 0.314. The van der Waals surface area contributed by atoms with Gasteiger partial charge in [0.25, 0.3) is 0 Å². The molecule has 0 fully saturated rings. The highest BCUT2D eigenvalue weighted by atomic mass is 16.4. The molecule has 16 heavy (non-hydrogen) atoms. The molecule has 0 aromatic carbocycles. The van der Waals surface area contributed by atoms with Gasteiger partial charge in [-0.2, -0.15) is 0 Å². The Morgan fingerprint density at radius 1 is 1.50 bits per heavy atom. The van der Waals surface area contributed by atoms with Crippen molar-refractivity contribution >= 4 is 12.0 Å². The van der Waals surface area contributed by atoms with E-state index in [-0.39, 0.29) is 12.6 Å². The van der Waals surface area contributed by atoms with E-state index in [1.165, 1.54) is 4.90 Å². The number of rotatable bonds is 6. The zero-order valence-corrected chi connectivity index (χ0v) is 9.69. The molecule has 0 aromatic heterocycles. The third-order valence-corrected chi connectivity index (χ3v) is 2.07. The minimum atomic E-state index is -1.04. The predicted octanol–water partition coefficient (Wildman–Crippen LogP) is 0.904. The molecule has 0 saturated carbocycles. The van der Waals surface area contributed by atoms with Crippen molar-refractivity contribution in [2.45, 2.75) is 32.7 Å². The van der Waals surface area contributed by atoms with Gasteiger partial charge < -0.3 is 15.3 Å². The van der Waals surface area contributed by atoms with Crippen molar-refractivity contribution in [3.05, 3.63) is 0 Å². The van der Waals surface area contributed by atoms with E-state index >= 15 is 0 Å². The number of aliphatic carboxylic acids is 1. The van der Waals surface area contributed by atoms with Gasteiger partial charge in [-0.05, 0) is 13.3 Å². The Hall–Kier alpha value is -1.70. The average molecular weight is 226 g/mol. The fourth-order valence-electron chi connectivity index (χ4n) is 1.22. The van der Waals surface area contributed by atoms with Gasteiger partial charge in [0.2, 0.25) is 0 Å². The monoisotopic (exact) mass is 226 g/mol. The molecule has 0 radical (unpaired) electrons. The molecule has 0 aliphatic carbocycles. The van der Waals surface area contributed by atoms with Gasteiger partial charge in [-0.1, -0.05) is 19.3 Å². The number of urea groups is 1. The van der Waals surface area contributed by atoms with Crippen molar-refractivity contribution in [2.75, 3.05) is 13.1 Å². The SMILES string of the molecule is C#CC(CCC)NC(=O)N(CC)CC(=O)O. The molecule has 2 N–H and O–H groups in total. The van der Waals surface area contributed by atoms with Crippen molar-refractivity contribution in [2.24, 2.45) is 0 Å². The Morgan fingerprint density at radius 3 is 2.50 bits per heavy atom. The topological polar surface area (TPSA) is 69.6 Å². The number of amides is 2. The smallest absolute Gasteiger partial charge is 0.323 e. The maximum absolute atomic E-state index is 11.6. The van der Waals surface area contributed by atoms with Crippen LogP contribution in [0.1, 0.15) is 26.7 Å². The van der Waals surface area contributed by atoms with Gasteiger partial charge in [0.05, 0.1) is 6.04 Å². The summed E-state index contributed by atoms with van der Waals surface area (Å²) >= 11 is 0. The van der Waals surface area contributed by atoms with Gasteiger partial charge in [-0.25, -0.2) is 4.79 Å². The quantitative estimate of drug-likeness (QED) is 0.661. The Kier molecular flexibility index (Phi) is 6.77. The third-order valence-electron chi connectivity index (χ3n) is 2.07. The lowest BCUT2D eigenvalue weighted by molar-refractivity contribution is -0.137. The van der Waals surface area contributed by atoms with Crippen molar-refractivity contribution in [3.8, 4) is 12.3 Å². The third kappa shape index (κ3) is 5.25. The lowest BCUT2D eigenvalue weighted by Crippen LogP contribution is -2.46. The molecule has 0 aliphatic rings. The van der Waals surface area contributed by atoms with Gasteiger partial charge in [-0.15, -0.1) is 6.42 Å². The van der Waals surface area contributed by atoms with Crippen LogP contribution in [-0.2, 0) is 4.79 Å². The lowest BCUT2D eigenvalue weighted by Gasteiger charge is -2.21. The van der Waals surface area contributed by atoms with Crippen molar-refractivity contribution in [1.29, 1.82) is 0 Å². The van der Waals surface area contributed by atoms with Crippen LogP contribution in [-0.4, -0.2) is 41.1 Å². The highest BCUT2D eigenvalue weighted by Crippen LogP contribution is 1.97. The standard InChI is InChI=1S/C11H18N2O3/c1-4-7-9(5-2)12-11(16)13(6-3)8-10(14)15/h2,9H,4,6-8H2,1,3H3,(H,12,16)(H,14,15). The second kappa shape index (κ2) is 7.57. The number of hydrogen-bond acceptors (Lipinski definition) is 2. The molecule has 0 bridgehead atoms. The number of carbonyl (C=O) groups excluding carboxylic acids is 1. The fourth-order valence-corrected chi connectivity index (χ4v) is 1.22. The highest BCUT2D eigenvalue weighted by Gasteiger charge is 2.17. The van der Waals surface area contributed by atoms with Crippen LogP contribution >= 0.6 is 0 Å². The molecule has 0 aliphatic heterocycles. The molecule has 0 spiro atoms. The fraction of sp³-hybridized carbons (Fsp3) is 0.636. The zero-order valence-electron chi connectivity index (χ0n) is 9.69. The number of carboxylic acids is 1. The molecular weight excluding hydrogens is 208 g/mol. The zero-order chi connectivity index (χ0) is 12.6. The van der Waals surface area contributed by atoms with Crippen molar-refractivity contribution in [3.63, 3.8) is 0 Å². The van der Waals surface area contributed by atoms with E-state index in [0.717, 1.165) is 6.42 Å². The molecule has 5 heteroatoms. The van der Waals surface area contributed by atoms with E-state index in [9.17, 15) is 9.59 Å². The van der Waals surface area contributed by atoms with Crippen LogP contribution < -0.4 is 5.32 Å². The largest absolute Gasteiger partial charge is 0.480 e. The summed E-state index contributed by atoms with van der Waals surface area (Å²) in [6.07, 6.45) is 6.80. The van der Waals surface area contributed by atoms with Crippen LogP contribution in [0.3, 0.4) is 0 Å². The van der Waals surface area contributed by atoms with E-state index in [4.69, 9.17) is 11.5 Å². The van der Waals surface area contributed by atoms with Gasteiger partial charge in [0.15, 0.2) is 0 Å². The van der Waals surface area contributed by atoms with Crippen LogP contribution in [0.25, 0.3) is 0 Å². The Labute approximate surface area is 95.8 Å². The number of terminal acetylenes is 1. The maximum Gasteiger partial charge on any atom is 0.323 e. The summed E-state index contributed by atoms with van der Waals surface area (Å²) in [6.45, 7) is 3.70. The first-order valence-electron chi connectivity index (χ1n) is 5.28.